The van der Waals surface area contributed by atoms with Crippen LogP contribution in [-0.4, -0.2) is 28.9 Å². The first-order chi connectivity index (χ1) is 17.5. The van der Waals surface area contributed by atoms with Crippen molar-refractivity contribution in [3.63, 3.8) is 0 Å². The minimum absolute atomic E-state index is 0.0662. The number of benzene rings is 3. The molecule has 0 bridgehead atoms. The molecule has 1 aliphatic heterocycles. The van der Waals surface area contributed by atoms with Gasteiger partial charge in [0.1, 0.15) is 12.2 Å². The molecular weight excluding hydrogens is 543 g/mol. The lowest BCUT2D eigenvalue weighted by Gasteiger charge is -2.27. The van der Waals surface area contributed by atoms with Gasteiger partial charge in [-0.25, -0.2) is 14.5 Å². The van der Waals surface area contributed by atoms with Gasteiger partial charge in [-0.05, 0) is 66.1 Å². The van der Waals surface area contributed by atoms with Crippen LogP contribution in [0.1, 0.15) is 27.0 Å². The van der Waals surface area contributed by atoms with Gasteiger partial charge in [-0.3, -0.25) is 14.9 Å². The number of ether oxygens (including phenoxy) is 1. The first-order valence-corrected chi connectivity index (χ1v) is 11.8. The number of hydrogen-bond acceptors (Lipinski definition) is 5. The van der Waals surface area contributed by atoms with Crippen molar-refractivity contribution in [2.45, 2.75) is 13.5 Å². The highest BCUT2D eigenvalue weighted by atomic mass is 35.5. The number of nitrogens with zero attached hydrogens (tertiary/aromatic N) is 1. The van der Waals surface area contributed by atoms with E-state index in [4.69, 9.17) is 44.6 Å². The van der Waals surface area contributed by atoms with Gasteiger partial charge in [-0.2, -0.15) is 0 Å². The van der Waals surface area contributed by atoms with Crippen LogP contribution in [0.25, 0.3) is 6.08 Å². The highest BCUT2D eigenvalue weighted by Gasteiger charge is 2.37. The van der Waals surface area contributed by atoms with Crippen LogP contribution in [0.5, 0.6) is 5.75 Å². The van der Waals surface area contributed by atoms with E-state index in [2.05, 4.69) is 5.32 Å². The Bertz CT molecular complexity index is 1460. The van der Waals surface area contributed by atoms with Gasteiger partial charge in [0, 0.05) is 5.02 Å². The van der Waals surface area contributed by atoms with Gasteiger partial charge in [0.05, 0.1) is 21.3 Å². The highest BCUT2D eigenvalue weighted by Crippen LogP contribution is 2.36. The lowest BCUT2D eigenvalue weighted by Crippen LogP contribution is -2.54. The monoisotopic (exact) mass is 558 g/mol. The van der Waals surface area contributed by atoms with Gasteiger partial charge in [0.15, 0.2) is 5.75 Å². The number of urea groups is 1. The maximum Gasteiger partial charge on any atom is 0.335 e. The van der Waals surface area contributed by atoms with Crippen LogP contribution in [-0.2, 0) is 16.2 Å². The normalized spacial score (nSPS) is 14.6. The maximum absolute atomic E-state index is 13.2. The van der Waals surface area contributed by atoms with Crippen molar-refractivity contribution >= 4 is 70.4 Å². The largest absolute Gasteiger partial charge is 0.486 e. The molecule has 1 aliphatic rings. The number of aromatic carboxylic acids is 1. The van der Waals surface area contributed by atoms with E-state index >= 15 is 0 Å². The molecule has 3 aromatic rings. The van der Waals surface area contributed by atoms with E-state index in [0.29, 0.717) is 21.7 Å². The number of carbonyl (C=O) groups excluding carboxylic acids is 3. The fourth-order valence-corrected chi connectivity index (χ4v) is 4.35. The molecule has 0 aliphatic carbocycles. The molecule has 8 nitrogen and oxygen atoms in total. The van der Waals surface area contributed by atoms with E-state index in [0.717, 1.165) is 4.90 Å². The van der Waals surface area contributed by atoms with Gasteiger partial charge in [0.25, 0.3) is 11.8 Å². The number of barbiturate groups is 1. The lowest BCUT2D eigenvalue weighted by molar-refractivity contribution is -0.122. The molecule has 11 heteroatoms. The van der Waals surface area contributed by atoms with E-state index in [1.165, 1.54) is 36.4 Å². The van der Waals surface area contributed by atoms with Gasteiger partial charge >= 0.3 is 12.0 Å². The van der Waals surface area contributed by atoms with Crippen molar-refractivity contribution < 1.29 is 29.0 Å². The number of imide groups is 2. The molecule has 1 heterocycles. The summed E-state index contributed by atoms with van der Waals surface area (Å²) in [6, 6.07) is 12.8. The molecule has 0 saturated carbocycles. The molecular formula is C26H17Cl3N2O6. The average molecular weight is 560 g/mol. The smallest absolute Gasteiger partial charge is 0.335 e. The summed E-state index contributed by atoms with van der Waals surface area (Å²) in [6.45, 7) is 1.77. The summed E-state index contributed by atoms with van der Waals surface area (Å²) in [4.78, 5) is 50.0. The number of hydrogen-bond donors (Lipinski definition) is 2. The molecule has 2 N–H and O–H groups in total. The molecule has 0 aromatic heterocycles. The summed E-state index contributed by atoms with van der Waals surface area (Å²) in [5, 5.41) is 11.7. The maximum atomic E-state index is 13.2. The number of anilines is 1. The zero-order chi connectivity index (χ0) is 26.9. The Morgan fingerprint density at radius 1 is 1.00 bits per heavy atom. The Kier molecular flexibility index (Phi) is 7.54. The van der Waals surface area contributed by atoms with Crippen LogP contribution in [0.15, 0.2) is 60.2 Å². The third-order valence-electron chi connectivity index (χ3n) is 5.43. The summed E-state index contributed by atoms with van der Waals surface area (Å²) in [6.07, 6.45) is 1.27. The summed E-state index contributed by atoms with van der Waals surface area (Å²) < 4.78 is 5.71. The molecule has 3 aromatic carbocycles. The molecule has 0 spiro atoms. The summed E-state index contributed by atoms with van der Waals surface area (Å²) >= 11 is 18.8. The van der Waals surface area contributed by atoms with Crippen molar-refractivity contribution in [2.75, 3.05) is 4.90 Å². The van der Waals surface area contributed by atoms with Gasteiger partial charge in [-0.15, -0.1) is 0 Å². The van der Waals surface area contributed by atoms with Crippen molar-refractivity contribution in [2.24, 2.45) is 0 Å². The molecule has 188 valence electrons. The van der Waals surface area contributed by atoms with Crippen molar-refractivity contribution in [3.8, 4) is 5.75 Å². The highest BCUT2D eigenvalue weighted by molar-refractivity contribution is 6.40. The van der Waals surface area contributed by atoms with E-state index in [9.17, 15) is 19.2 Å². The van der Waals surface area contributed by atoms with Crippen LogP contribution in [0.2, 0.25) is 15.1 Å². The molecule has 4 rings (SSSR count). The van der Waals surface area contributed by atoms with E-state index < -0.39 is 23.8 Å². The Morgan fingerprint density at radius 2 is 1.65 bits per heavy atom. The van der Waals surface area contributed by atoms with Crippen molar-refractivity contribution in [1.82, 2.24) is 5.32 Å². The number of carboxylic acids is 1. The van der Waals surface area contributed by atoms with E-state index in [1.54, 1.807) is 31.2 Å². The second-order valence-corrected chi connectivity index (χ2v) is 9.24. The topological polar surface area (TPSA) is 113 Å². The van der Waals surface area contributed by atoms with Crippen LogP contribution < -0.4 is 15.0 Å². The average Bonchev–Trinajstić information content (AvgIpc) is 2.83. The number of rotatable bonds is 6. The van der Waals surface area contributed by atoms with Crippen molar-refractivity contribution in [3.05, 3.63) is 97.5 Å². The van der Waals surface area contributed by atoms with Crippen LogP contribution >= 0.6 is 34.8 Å². The summed E-state index contributed by atoms with van der Waals surface area (Å²) in [7, 11) is 0. The Labute approximate surface area is 226 Å². The lowest BCUT2D eigenvalue weighted by atomic mass is 10.1. The Morgan fingerprint density at radius 3 is 2.27 bits per heavy atom. The Hall–Kier alpha value is -3.85. The Balaban J connectivity index is 1.59. The van der Waals surface area contributed by atoms with Crippen LogP contribution in [0, 0.1) is 6.92 Å². The van der Waals surface area contributed by atoms with Crippen molar-refractivity contribution in [1.29, 1.82) is 0 Å². The predicted molar refractivity (Wildman–Crippen MR) is 139 cm³/mol. The standard InChI is InChI=1S/C26H17Cl3N2O6/c1-13-2-7-17(27)11-21(13)31-24(33)18(23(32)30-26(31)36)8-15-9-19(28)22(20(29)10-15)37-12-14-3-5-16(6-4-14)25(34)35/h2-11H,12H2,1H3,(H,34,35)(H,30,32,36)/b18-8+. The molecule has 4 amide bonds. The number of nitrogens with one attached hydrogen (secondary N) is 1. The minimum atomic E-state index is -1.04. The van der Waals surface area contributed by atoms with Crippen LogP contribution in [0.3, 0.4) is 0 Å². The second-order valence-electron chi connectivity index (χ2n) is 7.99. The number of amides is 4. The third-order valence-corrected chi connectivity index (χ3v) is 6.23. The van der Waals surface area contributed by atoms with Crippen LogP contribution in [0.4, 0.5) is 10.5 Å². The van der Waals surface area contributed by atoms with E-state index in [1.807, 2.05) is 0 Å². The first-order valence-electron chi connectivity index (χ1n) is 10.7. The third kappa shape index (κ3) is 5.61. The predicted octanol–water partition coefficient (Wildman–Crippen LogP) is 5.90. The SMILES string of the molecule is Cc1ccc(Cl)cc1N1C(=O)NC(=O)/C(=C\c2cc(Cl)c(OCc3ccc(C(=O)O)cc3)c(Cl)c2)C1=O. The minimum Gasteiger partial charge on any atom is -0.486 e. The fraction of sp³-hybridized carbons (Fsp3) is 0.0769. The zero-order valence-corrected chi connectivity index (χ0v) is 21.3. The second kappa shape index (κ2) is 10.6. The number of aryl methyl sites for hydroxylation is 1. The number of halogens is 3. The molecule has 1 fully saturated rings. The van der Waals surface area contributed by atoms with Gasteiger partial charge < -0.3 is 9.84 Å². The molecule has 0 unspecified atom stereocenters. The fourth-order valence-electron chi connectivity index (χ4n) is 3.57. The zero-order valence-electron chi connectivity index (χ0n) is 19.1. The van der Waals surface area contributed by atoms with E-state index in [-0.39, 0.29) is 39.2 Å². The molecule has 37 heavy (non-hydrogen) atoms. The summed E-state index contributed by atoms with van der Waals surface area (Å²) in [5.74, 6) is -2.58. The number of carbonyl (C=O) groups is 4. The van der Waals surface area contributed by atoms with Gasteiger partial charge in [-0.1, -0.05) is 53.0 Å². The first kappa shape index (κ1) is 26.2. The molecule has 0 atom stereocenters. The molecule has 0 radical (unpaired) electrons. The summed E-state index contributed by atoms with van der Waals surface area (Å²) in [5.41, 5.74) is 1.69. The quantitative estimate of drug-likeness (QED) is 0.287. The van der Waals surface area contributed by atoms with Gasteiger partial charge in [0.2, 0.25) is 0 Å². The number of carboxylic acid groups (broad SMARTS) is 1. The molecule has 1 saturated heterocycles.